The van der Waals surface area contributed by atoms with Gasteiger partial charge in [-0.25, -0.2) is 9.37 Å². The highest BCUT2D eigenvalue weighted by atomic mass is 19.1. The molecule has 6 nitrogen and oxygen atoms in total. The normalized spacial score (nSPS) is 18.0. The first-order valence-corrected chi connectivity index (χ1v) is 10.1. The lowest BCUT2D eigenvalue weighted by molar-refractivity contribution is 0.227. The van der Waals surface area contributed by atoms with Gasteiger partial charge in [-0.1, -0.05) is 6.07 Å². The summed E-state index contributed by atoms with van der Waals surface area (Å²) in [6.07, 6.45) is 6.53. The Balaban J connectivity index is 2.03. The van der Waals surface area contributed by atoms with Crippen molar-refractivity contribution in [2.45, 2.75) is 26.4 Å². The number of rotatable bonds is 3. The smallest absolute Gasteiger partial charge is 0.166 e. The lowest BCUT2D eigenvalue weighted by atomic mass is 9.91. The second-order valence-corrected chi connectivity index (χ2v) is 7.38. The molecule has 31 heavy (non-hydrogen) atoms. The molecule has 2 bridgehead atoms. The number of anilines is 1. The van der Waals surface area contributed by atoms with Crippen LogP contribution in [0.25, 0.3) is 16.8 Å². The Hall–Kier alpha value is -3.74. The number of fused-ring (bicyclic) bond motifs is 5. The van der Waals surface area contributed by atoms with Gasteiger partial charge in [0.25, 0.3) is 0 Å². The minimum atomic E-state index is -0.480. The predicted molar refractivity (Wildman–Crippen MR) is 120 cm³/mol. The van der Waals surface area contributed by atoms with E-state index in [4.69, 9.17) is 15.9 Å². The third kappa shape index (κ3) is 3.99. The first-order valence-electron chi connectivity index (χ1n) is 10.1. The Kier molecular flexibility index (Phi) is 5.66. The molecule has 158 valence electrons. The van der Waals surface area contributed by atoms with E-state index in [-0.39, 0.29) is 11.6 Å². The minimum absolute atomic E-state index is 0.250. The Morgan fingerprint density at radius 2 is 2.10 bits per heavy atom. The van der Waals surface area contributed by atoms with E-state index in [1.807, 2.05) is 26.0 Å². The fourth-order valence-corrected chi connectivity index (χ4v) is 3.87. The van der Waals surface area contributed by atoms with Gasteiger partial charge in [-0.2, -0.15) is 0 Å². The van der Waals surface area contributed by atoms with Gasteiger partial charge in [0.15, 0.2) is 11.6 Å². The molecule has 1 aromatic carbocycles. The summed E-state index contributed by atoms with van der Waals surface area (Å²) in [5, 5.41) is 11.5. The van der Waals surface area contributed by atoms with E-state index >= 15 is 0 Å². The first kappa shape index (κ1) is 20.5. The molecule has 0 spiro atoms. The van der Waals surface area contributed by atoms with E-state index < -0.39 is 6.10 Å². The molecule has 0 radical (unpaired) electrons. The van der Waals surface area contributed by atoms with Crippen molar-refractivity contribution in [1.82, 2.24) is 15.3 Å². The number of ether oxygens (including phenoxy) is 1. The van der Waals surface area contributed by atoms with Crippen molar-refractivity contribution >= 4 is 17.7 Å². The highest BCUT2D eigenvalue weighted by molar-refractivity contribution is 5.90. The molecule has 0 saturated heterocycles. The molecule has 1 atom stereocenters. The van der Waals surface area contributed by atoms with Gasteiger partial charge >= 0.3 is 0 Å². The fourth-order valence-electron chi connectivity index (χ4n) is 3.87. The average Bonchev–Trinajstić information content (AvgIpc) is 2.77. The maximum Gasteiger partial charge on any atom is 0.166 e. The van der Waals surface area contributed by atoms with Crippen LogP contribution in [0.5, 0.6) is 5.75 Å². The van der Waals surface area contributed by atoms with E-state index in [1.54, 1.807) is 24.7 Å². The maximum absolute atomic E-state index is 14.2. The molecule has 0 amide bonds. The summed E-state index contributed by atoms with van der Waals surface area (Å²) in [4.78, 5) is 8.60. The maximum atomic E-state index is 14.2. The molecule has 7 heteroatoms. The van der Waals surface area contributed by atoms with E-state index in [2.05, 4.69) is 15.3 Å². The van der Waals surface area contributed by atoms with Crippen LogP contribution in [0.2, 0.25) is 0 Å². The monoisotopic (exact) mass is 417 g/mol. The topological polar surface area (TPSA) is 96.9 Å². The van der Waals surface area contributed by atoms with Crippen LogP contribution in [0.4, 0.5) is 10.2 Å². The fraction of sp³-hybridized carbons (Fsp3) is 0.208. The van der Waals surface area contributed by atoms with Crippen molar-refractivity contribution in [2.24, 2.45) is 0 Å². The number of aromatic nitrogens is 2. The molecule has 3 aromatic rings. The summed E-state index contributed by atoms with van der Waals surface area (Å²) < 4.78 is 20.4. The third-order valence-corrected chi connectivity index (χ3v) is 5.36. The molecule has 4 N–H and O–H groups in total. The molecular weight excluding hydrogens is 393 g/mol. The second-order valence-electron chi connectivity index (χ2n) is 7.38. The number of allylic oxidation sites excluding steroid dienone is 1. The molecule has 0 fully saturated rings. The largest absolute Gasteiger partial charge is 0.482 e. The molecule has 1 aliphatic heterocycles. The number of benzene rings is 1. The third-order valence-electron chi connectivity index (χ3n) is 5.36. The molecule has 4 rings (SSSR count). The van der Waals surface area contributed by atoms with Crippen LogP contribution in [0.3, 0.4) is 0 Å². The summed E-state index contributed by atoms with van der Waals surface area (Å²) in [6.45, 7) is 4.53. The van der Waals surface area contributed by atoms with E-state index in [1.165, 1.54) is 18.3 Å². The molecule has 0 saturated carbocycles. The summed E-state index contributed by atoms with van der Waals surface area (Å²) in [6, 6.07) is 8.40. The van der Waals surface area contributed by atoms with Crippen LogP contribution in [0.15, 0.2) is 54.5 Å². The minimum Gasteiger partial charge on any atom is -0.482 e. The second kappa shape index (κ2) is 8.55. The summed E-state index contributed by atoms with van der Waals surface area (Å²) in [7, 11) is 0. The Morgan fingerprint density at radius 1 is 1.26 bits per heavy atom. The first-order chi connectivity index (χ1) is 15.0. The van der Waals surface area contributed by atoms with Gasteiger partial charge in [-0.15, -0.1) is 0 Å². The van der Waals surface area contributed by atoms with Gasteiger partial charge in [0, 0.05) is 60.2 Å². The molecule has 0 aliphatic carbocycles. The lowest BCUT2D eigenvalue weighted by Crippen LogP contribution is -2.17. The zero-order chi connectivity index (χ0) is 22.0. The van der Waals surface area contributed by atoms with Crippen molar-refractivity contribution in [3.63, 3.8) is 0 Å². The van der Waals surface area contributed by atoms with Crippen molar-refractivity contribution in [3.8, 4) is 16.9 Å². The number of halogens is 1. The van der Waals surface area contributed by atoms with Crippen LogP contribution < -0.4 is 15.8 Å². The standard InChI is InChI=1S/C24H24FN5O/c1-3-29-23-16(11-26)8-15-6-7-28-13-21(15)19-5-4-18(25)10-20(19)14(2)31-22-9-17(23)12-30-24(22)27/h4-7,9-14,26,29H,3,8H2,1-2H3,(H2,27,30)/b23-16-,26-11?. The Labute approximate surface area is 180 Å². The zero-order valence-corrected chi connectivity index (χ0v) is 17.4. The lowest BCUT2D eigenvalue weighted by Gasteiger charge is -2.23. The average molecular weight is 417 g/mol. The van der Waals surface area contributed by atoms with Gasteiger partial charge in [0.1, 0.15) is 11.9 Å². The van der Waals surface area contributed by atoms with Gasteiger partial charge in [0.05, 0.1) is 0 Å². The van der Waals surface area contributed by atoms with Crippen LogP contribution in [-0.4, -0.2) is 22.7 Å². The van der Waals surface area contributed by atoms with Gasteiger partial charge in [0.2, 0.25) is 0 Å². The van der Waals surface area contributed by atoms with Crippen LogP contribution in [0, 0.1) is 11.2 Å². The zero-order valence-electron chi connectivity index (χ0n) is 17.4. The van der Waals surface area contributed by atoms with Crippen LogP contribution >= 0.6 is 0 Å². The van der Waals surface area contributed by atoms with E-state index in [9.17, 15) is 4.39 Å². The van der Waals surface area contributed by atoms with Crippen molar-refractivity contribution in [3.05, 3.63) is 77.0 Å². The van der Waals surface area contributed by atoms with E-state index in [0.29, 0.717) is 24.3 Å². The summed E-state index contributed by atoms with van der Waals surface area (Å²) >= 11 is 0. The van der Waals surface area contributed by atoms with Gasteiger partial charge in [-0.3, -0.25) is 4.98 Å². The number of nitrogens with one attached hydrogen (secondary N) is 2. The number of nitrogens with zero attached hydrogens (tertiary/aromatic N) is 2. The summed E-state index contributed by atoms with van der Waals surface area (Å²) in [5.74, 6) is 0.313. The number of hydrogen-bond acceptors (Lipinski definition) is 6. The van der Waals surface area contributed by atoms with Gasteiger partial charge in [-0.05, 0) is 54.8 Å². The summed E-state index contributed by atoms with van der Waals surface area (Å²) in [5.41, 5.74) is 11.8. The quantitative estimate of drug-likeness (QED) is 0.544. The van der Waals surface area contributed by atoms with Crippen LogP contribution in [-0.2, 0) is 6.42 Å². The van der Waals surface area contributed by atoms with Gasteiger partial charge < -0.3 is 21.2 Å². The SMILES string of the molecule is CCN/C1=C(\C=N)Cc2ccncc2-c2ccc(F)cc2C(C)Oc2cc1cnc2N. The van der Waals surface area contributed by atoms with Crippen LogP contribution in [0.1, 0.15) is 36.6 Å². The van der Waals surface area contributed by atoms with Crippen molar-refractivity contribution < 1.29 is 9.13 Å². The highest BCUT2D eigenvalue weighted by Gasteiger charge is 2.21. The predicted octanol–water partition coefficient (Wildman–Crippen LogP) is 4.53. The number of hydrogen-bond donors (Lipinski definition) is 3. The highest BCUT2D eigenvalue weighted by Crippen LogP contribution is 2.37. The number of pyridine rings is 2. The Bertz CT molecular complexity index is 1170. The molecule has 1 aliphatic rings. The molecule has 1 unspecified atom stereocenters. The van der Waals surface area contributed by atoms with Crippen molar-refractivity contribution in [1.29, 1.82) is 5.41 Å². The number of nitrogen functional groups attached to an aromatic ring is 1. The number of nitrogens with two attached hydrogens (primary N) is 1. The molecule has 2 aromatic heterocycles. The van der Waals surface area contributed by atoms with E-state index in [0.717, 1.165) is 33.5 Å². The Morgan fingerprint density at radius 3 is 2.87 bits per heavy atom. The van der Waals surface area contributed by atoms with Crippen molar-refractivity contribution in [2.75, 3.05) is 12.3 Å². The molecular formula is C24H24FN5O. The molecule has 3 heterocycles.